The van der Waals surface area contributed by atoms with Crippen molar-refractivity contribution >= 4 is 5.69 Å². The van der Waals surface area contributed by atoms with E-state index in [4.69, 9.17) is 10.5 Å². The number of hydrogen-bond donors (Lipinski definition) is 1. The third kappa shape index (κ3) is 3.44. The minimum Gasteiger partial charge on any atom is -0.483 e. The van der Waals surface area contributed by atoms with Crippen LogP contribution in [-0.4, -0.2) is 11.0 Å². The second kappa shape index (κ2) is 6.02. The lowest BCUT2D eigenvalue weighted by atomic mass is 9.89. The van der Waals surface area contributed by atoms with E-state index < -0.39 is 4.92 Å². The molecule has 1 aromatic rings. The van der Waals surface area contributed by atoms with Crippen LogP contribution in [-0.2, 0) is 6.54 Å². The third-order valence-electron chi connectivity index (χ3n) is 3.71. The van der Waals surface area contributed by atoms with Gasteiger partial charge in [-0.25, -0.2) is 0 Å². The molecular formula is C14H20N2O3. The van der Waals surface area contributed by atoms with E-state index in [1.54, 1.807) is 12.1 Å². The van der Waals surface area contributed by atoms with Gasteiger partial charge in [-0.2, -0.15) is 0 Å². The normalized spacial score (nSPS) is 23.1. The summed E-state index contributed by atoms with van der Waals surface area (Å²) in [7, 11) is 0. The molecule has 1 saturated carbocycles. The van der Waals surface area contributed by atoms with Crippen LogP contribution in [0, 0.1) is 16.0 Å². The molecule has 0 radical (unpaired) electrons. The highest BCUT2D eigenvalue weighted by Crippen LogP contribution is 2.33. The Kier molecular flexibility index (Phi) is 4.37. The summed E-state index contributed by atoms with van der Waals surface area (Å²) in [4.78, 5) is 10.6. The summed E-state index contributed by atoms with van der Waals surface area (Å²) in [5.74, 6) is 1.08. The van der Waals surface area contributed by atoms with Crippen molar-refractivity contribution in [2.24, 2.45) is 11.7 Å². The lowest BCUT2D eigenvalue weighted by Crippen LogP contribution is -2.23. The molecule has 0 unspecified atom stereocenters. The van der Waals surface area contributed by atoms with Gasteiger partial charge in [-0.1, -0.05) is 13.0 Å². The zero-order chi connectivity index (χ0) is 13.8. The number of nitrogens with two attached hydrogens (primary N) is 1. The maximum atomic E-state index is 11.0. The van der Waals surface area contributed by atoms with E-state index in [9.17, 15) is 10.1 Å². The number of rotatable bonds is 4. The molecule has 5 heteroatoms. The molecule has 1 aliphatic carbocycles. The Balaban J connectivity index is 2.15. The van der Waals surface area contributed by atoms with Gasteiger partial charge in [-0.3, -0.25) is 10.1 Å². The average molecular weight is 264 g/mol. The van der Waals surface area contributed by atoms with Crippen LogP contribution in [0.25, 0.3) is 0 Å². The molecular weight excluding hydrogens is 244 g/mol. The first-order valence-electron chi connectivity index (χ1n) is 6.74. The molecule has 0 spiro atoms. The van der Waals surface area contributed by atoms with Crippen molar-refractivity contribution in [2.75, 3.05) is 0 Å². The highest BCUT2D eigenvalue weighted by atomic mass is 16.6. The largest absolute Gasteiger partial charge is 0.483 e. The molecule has 0 heterocycles. The maximum Gasteiger partial charge on any atom is 0.310 e. The minimum absolute atomic E-state index is 0.0239. The fraction of sp³-hybridized carbons (Fsp3) is 0.571. The van der Waals surface area contributed by atoms with Gasteiger partial charge in [-0.15, -0.1) is 0 Å². The Morgan fingerprint density at radius 2 is 2.05 bits per heavy atom. The molecule has 0 amide bonds. The van der Waals surface area contributed by atoms with Crippen LogP contribution in [0.15, 0.2) is 18.2 Å². The molecule has 0 bridgehead atoms. The van der Waals surface area contributed by atoms with Gasteiger partial charge in [0.05, 0.1) is 11.0 Å². The van der Waals surface area contributed by atoms with Crippen molar-refractivity contribution in [3.8, 4) is 5.75 Å². The van der Waals surface area contributed by atoms with E-state index in [-0.39, 0.29) is 11.8 Å². The van der Waals surface area contributed by atoms with Gasteiger partial charge in [0.25, 0.3) is 0 Å². The summed E-state index contributed by atoms with van der Waals surface area (Å²) in [5.41, 5.74) is 6.45. The fourth-order valence-electron chi connectivity index (χ4n) is 2.46. The quantitative estimate of drug-likeness (QED) is 0.669. The number of ether oxygens (including phenoxy) is 1. The summed E-state index contributed by atoms with van der Waals surface area (Å²) >= 11 is 0. The second-order valence-electron chi connectivity index (χ2n) is 5.26. The number of hydrogen-bond acceptors (Lipinski definition) is 4. The monoisotopic (exact) mass is 264 g/mol. The molecule has 0 aliphatic heterocycles. The van der Waals surface area contributed by atoms with Gasteiger partial charge in [0.1, 0.15) is 0 Å². The zero-order valence-electron chi connectivity index (χ0n) is 11.2. The van der Waals surface area contributed by atoms with Crippen molar-refractivity contribution in [1.82, 2.24) is 0 Å². The van der Waals surface area contributed by atoms with Gasteiger partial charge in [-0.05, 0) is 43.2 Å². The highest BCUT2D eigenvalue weighted by Gasteiger charge is 2.23. The van der Waals surface area contributed by atoms with E-state index in [0.717, 1.165) is 37.2 Å². The molecule has 0 aromatic heterocycles. The number of nitro groups is 1. The number of benzene rings is 1. The number of nitro benzene ring substituents is 1. The van der Waals surface area contributed by atoms with E-state index in [1.165, 1.54) is 6.07 Å². The molecule has 1 aromatic carbocycles. The van der Waals surface area contributed by atoms with E-state index in [0.29, 0.717) is 12.3 Å². The first-order chi connectivity index (χ1) is 9.10. The first kappa shape index (κ1) is 13.8. The van der Waals surface area contributed by atoms with Gasteiger partial charge >= 0.3 is 5.69 Å². The van der Waals surface area contributed by atoms with Crippen molar-refractivity contribution in [1.29, 1.82) is 0 Å². The van der Waals surface area contributed by atoms with Crippen molar-refractivity contribution < 1.29 is 9.66 Å². The summed E-state index contributed by atoms with van der Waals surface area (Å²) in [6.07, 6.45) is 4.25. The van der Waals surface area contributed by atoms with Crippen LogP contribution in [0.1, 0.15) is 38.2 Å². The molecule has 2 rings (SSSR count). The van der Waals surface area contributed by atoms with E-state index in [1.807, 2.05) is 0 Å². The lowest BCUT2D eigenvalue weighted by molar-refractivity contribution is -0.386. The Hall–Kier alpha value is -1.62. The van der Waals surface area contributed by atoms with Gasteiger partial charge in [0.15, 0.2) is 5.75 Å². The topological polar surface area (TPSA) is 78.4 Å². The lowest BCUT2D eigenvalue weighted by Gasteiger charge is -2.26. The molecule has 104 valence electrons. The zero-order valence-corrected chi connectivity index (χ0v) is 11.2. The molecule has 2 N–H and O–H groups in total. The standard InChI is InChI=1S/C14H20N2O3/c1-10-2-5-12(6-3-10)19-14-8-11(9-15)4-7-13(14)16(17)18/h4,7-8,10,12H,2-3,5-6,9,15H2,1H3. The summed E-state index contributed by atoms with van der Waals surface area (Å²) in [5, 5.41) is 11.0. The Morgan fingerprint density at radius 1 is 1.37 bits per heavy atom. The van der Waals surface area contributed by atoms with Gasteiger partial charge < -0.3 is 10.5 Å². The highest BCUT2D eigenvalue weighted by molar-refractivity contribution is 5.48. The van der Waals surface area contributed by atoms with E-state index in [2.05, 4.69) is 6.92 Å². The van der Waals surface area contributed by atoms with Crippen molar-refractivity contribution in [3.05, 3.63) is 33.9 Å². The minimum atomic E-state index is -0.402. The average Bonchev–Trinajstić information content (AvgIpc) is 2.41. The second-order valence-corrected chi connectivity index (χ2v) is 5.26. The number of nitrogens with zero attached hydrogens (tertiary/aromatic N) is 1. The van der Waals surface area contributed by atoms with Crippen LogP contribution < -0.4 is 10.5 Å². The van der Waals surface area contributed by atoms with Crippen LogP contribution in [0.5, 0.6) is 5.75 Å². The van der Waals surface area contributed by atoms with Crippen molar-refractivity contribution in [3.63, 3.8) is 0 Å². The third-order valence-corrected chi connectivity index (χ3v) is 3.71. The molecule has 19 heavy (non-hydrogen) atoms. The molecule has 1 aliphatic rings. The summed E-state index contributed by atoms with van der Waals surface area (Å²) in [6.45, 7) is 2.59. The molecule has 0 atom stereocenters. The molecule has 0 saturated heterocycles. The first-order valence-corrected chi connectivity index (χ1v) is 6.74. The van der Waals surface area contributed by atoms with Crippen LogP contribution in [0.4, 0.5) is 5.69 Å². The van der Waals surface area contributed by atoms with Crippen LogP contribution in [0.2, 0.25) is 0 Å². The Bertz CT molecular complexity index is 454. The SMILES string of the molecule is CC1CCC(Oc2cc(CN)ccc2[N+](=O)[O-])CC1. The van der Waals surface area contributed by atoms with Gasteiger partial charge in [0, 0.05) is 12.6 Å². The fourth-order valence-corrected chi connectivity index (χ4v) is 2.46. The smallest absolute Gasteiger partial charge is 0.310 e. The summed E-state index contributed by atoms with van der Waals surface area (Å²) < 4.78 is 5.84. The Morgan fingerprint density at radius 3 is 2.63 bits per heavy atom. The Labute approximate surface area is 112 Å². The predicted octanol–water partition coefficient (Wildman–Crippen LogP) is 3.01. The van der Waals surface area contributed by atoms with Crippen LogP contribution >= 0.6 is 0 Å². The van der Waals surface area contributed by atoms with Gasteiger partial charge in [0.2, 0.25) is 0 Å². The van der Waals surface area contributed by atoms with E-state index >= 15 is 0 Å². The molecule has 1 fully saturated rings. The van der Waals surface area contributed by atoms with Crippen LogP contribution in [0.3, 0.4) is 0 Å². The van der Waals surface area contributed by atoms with Crippen molar-refractivity contribution in [2.45, 2.75) is 45.3 Å². The molecule has 5 nitrogen and oxygen atoms in total. The maximum absolute atomic E-state index is 11.0. The predicted molar refractivity (Wildman–Crippen MR) is 73.0 cm³/mol. The summed E-state index contributed by atoms with van der Waals surface area (Å²) in [6, 6.07) is 4.84.